The number of hydrogen-bond donors (Lipinski definition) is 1. The van der Waals surface area contributed by atoms with Gasteiger partial charge in [-0.1, -0.05) is 39.0 Å². The number of thiol groups is 1. The Bertz CT molecular complexity index is 328. The number of rotatable bonds is 20. The van der Waals surface area contributed by atoms with Crippen molar-refractivity contribution in [2.75, 3.05) is 38.8 Å². The predicted octanol–water partition coefficient (Wildman–Crippen LogP) is 6.85. The van der Waals surface area contributed by atoms with E-state index in [1.54, 1.807) is 0 Å². The molecule has 0 fully saturated rings. The molecule has 0 bridgehead atoms. The average Bonchev–Trinajstić information content (AvgIpc) is 2.71. The topological polar surface area (TPSA) is 46.2 Å². The minimum atomic E-state index is -2.36. The summed E-state index contributed by atoms with van der Waals surface area (Å²) >= 11 is 4.18. The van der Waals surface area contributed by atoms with Crippen molar-refractivity contribution < 1.29 is 22.1 Å². The van der Waals surface area contributed by atoms with E-state index in [4.69, 9.17) is 22.1 Å². The molecule has 0 heterocycles. The van der Waals surface area contributed by atoms with Crippen molar-refractivity contribution in [2.24, 2.45) is 0 Å². The Kier molecular flexibility index (Phi) is 24.9. The molecule has 0 saturated carbocycles. The minimum absolute atomic E-state index is 0.683. The van der Waals surface area contributed by atoms with Crippen LogP contribution in [0.2, 0.25) is 18.6 Å². The van der Waals surface area contributed by atoms with Gasteiger partial charge in [-0.25, -0.2) is 0 Å². The highest BCUT2D eigenvalue weighted by Crippen LogP contribution is 2.20. The largest absolute Gasteiger partial charge is 0.500 e. The van der Waals surface area contributed by atoms with Gasteiger partial charge in [-0.3, -0.25) is 0 Å². The minimum Gasteiger partial charge on any atom is -0.395 e. The molecule has 184 valence electrons. The summed E-state index contributed by atoms with van der Waals surface area (Å²) < 4.78 is 28.8. The van der Waals surface area contributed by atoms with Crippen molar-refractivity contribution in [3.63, 3.8) is 0 Å². The van der Waals surface area contributed by atoms with Gasteiger partial charge < -0.3 is 22.1 Å². The van der Waals surface area contributed by atoms with E-state index in [1.165, 1.54) is 32.1 Å². The molecule has 0 aliphatic rings. The zero-order valence-electron chi connectivity index (χ0n) is 21.1. The summed E-state index contributed by atoms with van der Waals surface area (Å²) in [5.41, 5.74) is 0. The molecule has 0 rings (SSSR count). The zero-order chi connectivity index (χ0) is 23.1. The van der Waals surface area contributed by atoms with Crippen LogP contribution in [0.1, 0.15) is 86.5 Å². The van der Waals surface area contributed by atoms with Crippen molar-refractivity contribution in [2.45, 2.75) is 105 Å². The first-order chi connectivity index (χ1) is 14.4. The molecule has 0 aliphatic heterocycles. The number of unbranched alkanes of at least 4 members (excludes halogenated alkanes) is 5. The SMILES string of the molecule is CCCCCCCC[Si](OCC)(OCC)OCC.CCO[Si](C)(CCCS)OCC. The molecule has 0 amide bonds. The van der Waals surface area contributed by atoms with Crippen LogP contribution in [-0.2, 0) is 22.1 Å². The fourth-order valence-electron chi connectivity index (χ4n) is 3.32. The average molecular weight is 485 g/mol. The van der Waals surface area contributed by atoms with Crippen LogP contribution in [0.4, 0.5) is 0 Å². The van der Waals surface area contributed by atoms with Gasteiger partial charge in [-0.05, 0) is 65.8 Å². The monoisotopic (exact) mass is 484 g/mol. The summed E-state index contributed by atoms with van der Waals surface area (Å²) in [6, 6.07) is 2.02. The molecular formula is C22H52O5SSi2. The summed E-state index contributed by atoms with van der Waals surface area (Å²) in [7, 11) is -4.18. The van der Waals surface area contributed by atoms with Gasteiger partial charge in [0.1, 0.15) is 0 Å². The van der Waals surface area contributed by atoms with Gasteiger partial charge >= 0.3 is 17.4 Å². The third-order valence-corrected chi connectivity index (χ3v) is 11.1. The maximum atomic E-state index is 5.83. The van der Waals surface area contributed by atoms with Gasteiger partial charge in [0.25, 0.3) is 0 Å². The summed E-state index contributed by atoms with van der Waals surface area (Å²) in [5.74, 6) is 0.919. The Morgan fingerprint density at radius 1 is 0.533 bits per heavy atom. The molecule has 0 aliphatic carbocycles. The second kappa shape index (κ2) is 22.8. The van der Waals surface area contributed by atoms with E-state index >= 15 is 0 Å². The summed E-state index contributed by atoms with van der Waals surface area (Å²) in [4.78, 5) is 0. The van der Waals surface area contributed by atoms with Gasteiger partial charge in [-0.2, -0.15) is 12.6 Å². The molecule has 0 aromatic heterocycles. The molecule has 5 nitrogen and oxygen atoms in total. The first kappa shape index (κ1) is 32.8. The van der Waals surface area contributed by atoms with E-state index in [0.29, 0.717) is 19.8 Å². The second-order valence-electron chi connectivity index (χ2n) is 7.33. The Morgan fingerprint density at radius 2 is 0.967 bits per heavy atom. The molecule has 0 N–H and O–H groups in total. The first-order valence-electron chi connectivity index (χ1n) is 12.2. The highest BCUT2D eigenvalue weighted by Gasteiger charge is 2.39. The van der Waals surface area contributed by atoms with Crippen molar-refractivity contribution in [1.82, 2.24) is 0 Å². The lowest BCUT2D eigenvalue weighted by Crippen LogP contribution is -2.45. The van der Waals surface area contributed by atoms with Crippen LogP contribution in [0.5, 0.6) is 0 Å². The molecule has 0 saturated heterocycles. The lowest BCUT2D eigenvalue weighted by atomic mass is 10.1. The van der Waals surface area contributed by atoms with Crippen LogP contribution in [0.25, 0.3) is 0 Å². The van der Waals surface area contributed by atoms with Gasteiger partial charge in [0.15, 0.2) is 0 Å². The Morgan fingerprint density at radius 3 is 1.37 bits per heavy atom. The smallest absolute Gasteiger partial charge is 0.395 e. The van der Waals surface area contributed by atoms with Crippen molar-refractivity contribution in [3.8, 4) is 0 Å². The van der Waals surface area contributed by atoms with Crippen LogP contribution in [0.3, 0.4) is 0 Å². The maximum Gasteiger partial charge on any atom is 0.500 e. The normalized spacial score (nSPS) is 12.0. The number of hydrogen-bond acceptors (Lipinski definition) is 6. The maximum absolute atomic E-state index is 5.83. The molecule has 0 unspecified atom stereocenters. The third-order valence-electron chi connectivity index (χ3n) is 4.62. The lowest BCUT2D eigenvalue weighted by Gasteiger charge is -2.28. The van der Waals surface area contributed by atoms with Crippen LogP contribution in [0.15, 0.2) is 0 Å². The molecule has 0 aromatic rings. The summed E-state index contributed by atoms with van der Waals surface area (Å²) in [5, 5.41) is 0. The standard InChI is InChI=1S/C14H32O3Si.C8H20O2SSi/c1-5-9-10-11-12-13-14-18(15-6-2,16-7-3)17-8-4;1-4-9-12(3,10-5-2)8-6-7-11/h5-14H2,1-4H3;11H,4-8H2,1-3H3. The summed E-state index contributed by atoms with van der Waals surface area (Å²) in [6.07, 6.45) is 8.84. The van der Waals surface area contributed by atoms with E-state index in [1.807, 2.05) is 34.6 Å². The van der Waals surface area contributed by atoms with Crippen molar-refractivity contribution in [1.29, 1.82) is 0 Å². The molecule has 0 aromatic carbocycles. The van der Waals surface area contributed by atoms with Gasteiger partial charge in [0.2, 0.25) is 0 Å². The quantitative estimate of drug-likeness (QED) is 0.116. The fraction of sp³-hybridized carbons (Fsp3) is 1.00. The molecule has 0 spiro atoms. The Hall–Kier alpha value is 0.584. The molecular weight excluding hydrogens is 432 g/mol. The van der Waals surface area contributed by atoms with Crippen LogP contribution in [0, 0.1) is 0 Å². The predicted molar refractivity (Wildman–Crippen MR) is 137 cm³/mol. The van der Waals surface area contributed by atoms with E-state index in [2.05, 4.69) is 26.1 Å². The highest BCUT2D eigenvalue weighted by atomic mass is 32.1. The van der Waals surface area contributed by atoms with E-state index < -0.39 is 17.4 Å². The Labute approximate surface area is 196 Å². The van der Waals surface area contributed by atoms with E-state index in [-0.39, 0.29) is 0 Å². The second-order valence-corrected chi connectivity index (χ2v) is 13.9. The first-order valence-corrected chi connectivity index (χ1v) is 17.3. The highest BCUT2D eigenvalue weighted by molar-refractivity contribution is 7.80. The van der Waals surface area contributed by atoms with Crippen LogP contribution in [-0.4, -0.2) is 56.2 Å². The fourth-order valence-corrected chi connectivity index (χ4v) is 8.87. The molecule has 0 radical (unpaired) electrons. The Balaban J connectivity index is 0. The van der Waals surface area contributed by atoms with Crippen LogP contribution >= 0.6 is 12.6 Å². The van der Waals surface area contributed by atoms with E-state index in [0.717, 1.165) is 43.9 Å². The summed E-state index contributed by atoms with van der Waals surface area (Å²) in [6.45, 7) is 18.0. The van der Waals surface area contributed by atoms with Gasteiger partial charge in [-0.15, -0.1) is 0 Å². The lowest BCUT2D eigenvalue weighted by molar-refractivity contribution is 0.0706. The van der Waals surface area contributed by atoms with Crippen molar-refractivity contribution in [3.05, 3.63) is 0 Å². The van der Waals surface area contributed by atoms with Crippen LogP contribution < -0.4 is 0 Å². The molecule has 8 heteroatoms. The zero-order valence-corrected chi connectivity index (χ0v) is 24.0. The third kappa shape index (κ3) is 18.2. The van der Waals surface area contributed by atoms with Gasteiger partial charge in [0.05, 0.1) is 0 Å². The molecule has 30 heavy (non-hydrogen) atoms. The van der Waals surface area contributed by atoms with E-state index in [9.17, 15) is 0 Å². The molecule has 0 atom stereocenters. The van der Waals surface area contributed by atoms with Crippen molar-refractivity contribution >= 4 is 30.0 Å². The van der Waals surface area contributed by atoms with Gasteiger partial charge in [0, 0.05) is 39.1 Å².